The number of piperidine rings is 1. The molecule has 0 radical (unpaired) electrons. The highest BCUT2D eigenvalue weighted by atomic mass is 16.5. The molecule has 10 heteroatoms. The maximum atomic E-state index is 13.6. The van der Waals surface area contributed by atoms with Gasteiger partial charge in [-0.1, -0.05) is 62.7 Å². The maximum absolute atomic E-state index is 13.6. The molecule has 3 N–H and O–H groups in total. The molecule has 4 amide bonds. The summed E-state index contributed by atoms with van der Waals surface area (Å²) in [7, 11) is 0. The van der Waals surface area contributed by atoms with Crippen molar-refractivity contribution < 1.29 is 23.9 Å². The second kappa shape index (κ2) is 16.1. The Kier molecular flexibility index (Phi) is 12.0. The van der Waals surface area contributed by atoms with Gasteiger partial charge in [0.15, 0.2) is 0 Å². The van der Waals surface area contributed by atoms with Crippen LogP contribution in [0.1, 0.15) is 61.9 Å². The van der Waals surface area contributed by atoms with E-state index in [-0.39, 0.29) is 67.8 Å². The van der Waals surface area contributed by atoms with E-state index in [2.05, 4.69) is 20.9 Å². The number of ether oxygens (including phenoxy) is 1. The van der Waals surface area contributed by atoms with Crippen LogP contribution in [0.5, 0.6) is 5.75 Å². The molecule has 1 fully saturated rings. The predicted molar refractivity (Wildman–Crippen MR) is 164 cm³/mol. The summed E-state index contributed by atoms with van der Waals surface area (Å²) >= 11 is 0. The number of nitrogens with one attached hydrogen (secondary N) is 3. The van der Waals surface area contributed by atoms with E-state index >= 15 is 0 Å². The van der Waals surface area contributed by atoms with Crippen LogP contribution in [0.2, 0.25) is 0 Å². The van der Waals surface area contributed by atoms with Crippen molar-refractivity contribution in [3.8, 4) is 5.75 Å². The molecule has 10 nitrogen and oxygen atoms in total. The van der Waals surface area contributed by atoms with E-state index in [1.807, 2.05) is 44.2 Å². The van der Waals surface area contributed by atoms with Gasteiger partial charge < -0.3 is 30.5 Å². The van der Waals surface area contributed by atoms with Crippen molar-refractivity contribution in [3.05, 3.63) is 65.7 Å². The number of carbonyl (C=O) groups excluding carboxylic acids is 4. The molecule has 0 saturated carbocycles. The number of fused-ring (bicyclic) bond motifs is 1. The van der Waals surface area contributed by atoms with Crippen molar-refractivity contribution in [1.29, 1.82) is 0 Å². The Hall–Kier alpha value is -3.92. The van der Waals surface area contributed by atoms with Gasteiger partial charge in [0.2, 0.25) is 17.7 Å². The highest BCUT2D eigenvalue weighted by Gasteiger charge is 2.28. The van der Waals surface area contributed by atoms with Crippen molar-refractivity contribution in [2.45, 2.75) is 64.6 Å². The predicted octanol–water partition coefficient (Wildman–Crippen LogP) is 2.73. The topological polar surface area (TPSA) is 120 Å². The van der Waals surface area contributed by atoms with Crippen LogP contribution in [-0.2, 0) is 20.9 Å². The lowest BCUT2D eigenvalue weighted by molar-refractivity contribution is -0.137. The minimum atomic E-state index is -0.938. The first-order valence-electron chi connectivity index (χ1n) is 15.4. The Morgan fingerprint density at radius 1 is 0.977 bits per heavy atom. The number of hydrogen-bond donors (Lipinski definition) is 3. The highest BCUT2D eigenvalue weighted by Crippen LogP contribution is 2.20. The quantitative estimate of drug-likeness (QED) is 0.456. The number of benzene rings is 2. The molecule has 0 spiro atoms. The first kappa shape index (κ1) is 32.0. The third kappa shape index (κ3) is 9.81. The average Bonchev–Trinajstić information content (AvgIpc) is 3.01. The fraction of sp³-hybridized carbons (Fsp3) is 0.515. The van der Waals surface area contributed by atoms with E-state index in [1.165, 1.54) is 11.3 Å². The van der Waals surface area contributed by atoms with Crippen LogP contribution in [0.3, 0.4) is 0 Å². The number of amides is 4. The van der Waals surface area contributed by atoms with Crippen LogP contribution in [0.4, 0.5) is 0 Å². The van der Waals surface area contributed by atoms with Crippen molar-refractivity contribution >= 4 is 23.6 Å². The Labute approximate surface area is 254 Å². The molecule has 0 aromatic heterocycles. The molecular formula is C33H45N5O5. The first-order chi connectivity index (χ1) is 20.8. The largest absolute Gasteiger partial charge is 0.491 e. The number of nitrogens with zero attached hydrogens (tertiary/aromatic N) is 2. The highest BCUT2D eigenvalue weighted by molar-refractivity contribution is 5.99. The van der Waals surface area contributed by atoms with E-state index in [1.54, 1.807) is 24.3 Å². The van der Waals surface area contributed by atoms with Gasteiger partial charge >= 0.3 is 0 Å². The Morgan fingerprint density at radius 2 is 1.70 bits per heavy atom. The molecule has 2 aliphatic heterocycles. The lowest BCUT2D eigenvalue weighted by Gasteiger charge is -2.27. The summed E-state index contributed by atoms with van der Waals surface area (Å²) in [5.41, 5.74) is 1.18. The normalized spacial score (nSPS) is 21.1. The standard InChI is InChI=1S/C33H45N5O5/c1-24(2)28-23-43-29-14-8-7-13-26(29)32(41)36-27(33(42)34-17-20-37-18-9-4-10-19-37)15-16-31(40)38(22-30(39)35-28)21-25-11-5-3-6-12-25/h3,5-8,11-14,24,27-28H,4,9-10,15-23H2,1-2H3,(H,34,42)(H,35,39)(H,36,41)/t27-,28+/m0/s1. The molecule has 43 heavy (non-hydrogen) atoms. The minimum Gasteiger partial charge on any atom is -0.491 e. The average molecular weight is 592 g/mol. The van der Waals surface area contributed by atoms with Gasteiger partial charge in [-0.3, -0.25) is 19.2 Å². The van der Waals surface area contributed by atoms with Crippen LogP contribution in [0.25, 0.3) is 0 Å². The lowest BCUT2D eigenvalue weighted by Crippen LogP contribution is -2.49. The zero-order valence-electron chi connectivity index (χ0n) is 25.3. The van der Waals surface area contributed by atoms with Gasteiger partial charge in [0, 0.05) is 26.1 Å². The van der Waals surface area contributed by atoms with Crippen molar-refractivity contribution in [2.75, 3.05) is 39.3 Å². The minimum absolute atomic E-state index is 0.0175. The summed E-state index contributed by atoms with van der Waals surface area (Å²) in [6, 6.07) is 15.0. The third-order valence-corrected chi connectivity index (χ3v) is 8.05. The number of hydrogen-bond acceptors (Lipinski definition) is 6. The zero-order chi connectivity index (χ0) is 30.6. The fourth-order valence-electron chi connectivity index (χ4n) is 5.40. The van der Waals surface area contributed by atoms with Crippen molar-refractivity contribution in [3.63, 3.8) is 0 Å². The lowest BCUT2D eigenvalue weighted by atomic mass is 10.1. The van der Waals surface area contributed by atoms with E-state index in [4.69, 9.17) is 4.74 Å². The molecule has 2 aliphatic rings. The van der Waals surface area contributed by atoms with E-state index in [0.29, 0.717) is 12.3 Å². The summed E-state index contributed by atoms with van der Waals surface area (Å²) in [5, 5.41) is 8.84. The number of likely N-dealkylation sites (tertiary alicyclic amines) is 1. The molecule has 2 atom stereocenters. The Bertz CT molecular complexity index is 1230. The van der Waals surface area contributed by atoms with Crippen LogP contribution >= 0.6 is 0 Å². The van der Waals surface area contributed by atoms with Gasteiger partial charge in [-0.05, 0) is 56.0 Å². The third-order valence-electron chi connectivity index (χ3n) is 8.05. The molecule has 4 rings (SSSR count). The Balaban J connectivity index is 1.55. The van der Waals surface area contributed by atoms with Gasteiger partial charge in [0.25, 0.3) is 5.91 Å². The van der Waals surface area contributed by atoms with E-state index < -0.39 is 11.9 Å². The van der Waals surface area contributed by atoms with Gasteiger partial charge in [0.1, 0.15) is 18.4 Å². The van der Waals surface area contributed by atoms with Gasteiger partial charge in [-0.15, -0.1) is 0 Å². The summed E-state index contributed by atoms with van der Waals surface area (Å²) < 4.78 is 6.07. The first-order valence-corrected chi connectivity index (χ1v) is 15.4. The Morgan fingerprint density at radius 3 is 2.44 bits per heavy atom. The molecule has 1 saturated heterocycles. The summed E-state index contributed by atoms with van der Waals surface area (Å²) in [6.45, 7) is 7.43. The molecule has 0 aliphatic carbocycles. The van der Waals surface area contributed by atoms with Crippen LogP contribution in [0.15, 0.2) is 54.6 Å². The van der Waals surface area contributed by atoms with Crippen LogP contribution in [0, 0.1) is 5.92 Å². The summed E-state index contributed by atoms with van der Waals surface area (Å²) in [4.78, 5) is 57.5. The van der Waals surface area contributed by atoms with Gasteiger partial charge in [0.05, 0.1) is 18.2 Å². The summed E-state index contributed by atoms with van der Waals surface area (Å²) in [6.07, 6.45) is 3.62. The summed E-state index contributed by atoms with van der Waals surface area (Å²) in [5.74, 6) is -0.964. The number of rotatable bonds is 7. The van der Waals surface area contributed by atoms with Gasteiger partial charge in [-0.2, -0.15) is 0 Å². The van der Waals surface area contributed by atoms with E-state index in [0.717, 1.165) is 38.0 Å². The molecule has 2 aromatic rings. The van der Waals surface area contributed by atoms with Crippen LogP contribution in [-0.4, -0.2) is 84.8 Å². The number of para-hydroxylation sites is 1. The molecule has 2 heterocycles. The molecule has 2 aromatic carbocycles. The monoisotopic (exact) mass is 591 g/mol. The second-order valence-corrected chi connectivity index (χ2v) is 11.7. The van der Waals surface area contributed by atoms with Crippen LogP contribution < -0.4 is 20.7 Å². The molecule has 0 unspecified atom stereocenters. The second-order valence-electron chi connectivity index (χ2n) is 11.7. The maximum Gasteiger partial charge on any atom is 0.255 e. The number of carbonyl (C=O) groups is 4. The molecule has 232 valence electrons. The zero-order valence-corrected chi connectivity index (χ0v) is 25.3. The smallest absolute Gasteiger partial charge is 0.255 e. The van der Waals surface area contributed by atoms with E-state index in [9.17, 15) is 19.2 Å². The SMILES string of the molecule is CC(C)[C@H]1COc2ccccc2C(=O)N[C@H](C(=O)NCCN2CCCCC2)CCC(=O)N(Cc2ccccc2)CC(=O)N1. The van der Waals surface area contributed by atoms with Crippen molar-refractivity contribution in [1.82, 2.24) is 25.8 Å². The van der Waals surface area contributed by atoms with Crippen molar-refractivity contribution in [2.24, 2.45) is 5.92 Å². The van der Waals surface area contributed by atoms with Gasteiger partial charge in [-0.25, -0.2) is 0 Å². The molecular weight excluding hydrogens is 546 g/mol. The fourth-order valence-corrected chi connectivity index (χ4v) is 5.40. The molecule has 0 bridgehead atoms.